The van der Waals surface area contributed by atoms with Crippen molar-refractivity contribution in [3.8, 4) is 5.75 Å². The zero-order chi connectivity index (χ0) is 28.4. The normalized spacial score (nSPS) is 13.1. The maximum atomic E-state index is 13.2. The number of primary amides is 1. The molecule has 3 heterocycles. The Kier molecular flexibility index (Phi) is 6.93. The number of aromatic carboxylic acids is 1. The maximum Gasteiger partial charge on any atom is 0.335 e. The topological polar surface area (TPSA) is 195 Å². The highest BCUT2D eigenvalue weighted by Crippen LogP contribution is 2.28. The first-order valence-electron chi connectivity index (χ1n) is 12.0. The van der Waals surface area contributed by atoms with E-state index in [4.69, 9.17) is 15.6 Å². The average molecular weight is 543 g/mol. The molecule has 0 saturated heterocycles. The van der Waals surface area contributed by atoms with Gasteiger partial charge in [0.2, 0.25) is 5.91 Å². The highest BCUT2D eigenvalue weighted by molar-refractivity contribution is 6.01. The number of imidazole rings is 1. The number of hydrogen-bond acceptors (Lipinski definition) is 8. The summed E-state index contributed by atoms with van der Waals surface area (Å²) in [6, 6.07) is 11.9. The van der Waals surface area contributed by atoms with E-state index in [2.05, 4.69) is 20.6 Å². The second-order valence-electron chi connectivity index (χ2n) is 9.01. The first kappa shape index (κ1) is 26.0. The Morgan fingerprint density at radius 1 is 1.12 bits per heavy atom. The number of nitrogens with one attached hydrogen (secondary N) is 2. The average Bonchev–Trinajstić information content (AvgIpc) is 3.42. The predicted octanol–water partition coefficient (Wildman–Crippen LogP) is 1.53. The Morgan fingerprint density at radius 3 is 2.62 bits per heavy atom. The SMILES string of the molecule is NC(=O)[C@H](CC(=O)c1cc(C(=O)NCc2ccc3c(c2)NC(=O)CO3)n2cncc2n1)c1ccc(C(=O)O)cc1. The standard InChI is InChI=1S/C27H22N6O7/c28-25(36)17(15-2-4-16(5-3-15)27(38)39)8-21(34)18-9-20(33-13-29-11-23(33)31-18)26(37)30-10-14-1-6-22-19(7-14)32-24(35)12-40-22/h1-7,9,11,13,17H,8,10,12H2,(H2,28,36)(H,30,37)(H,32,35)(H,38,39)/t17-/m1/s1. The van der Waals surface area contributed by atoms with Crippen LogP contribution in [0.5, 0.6) is 5.75 Å². The summed E-state index contributed by atoms with van der Waals surface area (Å²) in [6.45, 7) is 0.0458. The molecule has 0 radical (unpaired) electrons. The van der Waals surface area contributed by atoms with Crippen LogP contribution in [0, 0.1) is 0 Å². The minimum atomic E-state index is -1.13. The van der Waals surface area contributed by atoms with Crippen LogP contribution < -0.4 is 21.1 Å². The minimum Gasteiger partial charge on any atom is -0.482 e. The van der Waals surface area contributed by atoms with Gasteiger partial charge in [0.1, 0.15) is 23.5 Å². The van der Waals surface area contributed by atoms with Gasteiger partial charge in [-0.1, -0.05) is 18.2 Å². The third-order valence-corrected chi connectivity index (χ3v) is 6.33. The summed E-state index contributed by atoms with van der Waals surface area (Å²) in [6.07, 6.45) is 2.42. The molecule has 1 atom stereocenters. The molecule has 202 valence electrons. The van der Waals surface area contributed by atoms with E-state index in [-0.39, 0.29) is 48.1 Å². The third-order valence-electron chi connectivity index (χ3n) is 6.33. The lowest BCUT2D eigenvalue weighted by atomic mass is 9.91. The molecule has 0 fully saturated rings. The van der Waals surface area contributed by atoms with Gasteiger partial charge < -0.3 is 26.2 Å². The van der Waals surface area contributed by atoms with Crippen LogP contribution in [0.25, 0.3) is 5.65 Å². The van der Waals surface area contributed by atoms with Crippen LogP contribution in [-0.4, -0.2) is 55.6 Å². The first-order chi connectivity index (χ1) is 19.2. The number of carboxylic acids is 1. The molecule has 0 unspecified atom stereocenters. The molecule has 13 nitrogen and oxygen atoms in total. The number of carbonyl (C=O) groups is 5. The lowest BCUT2D eigenvalue weighted by Crippen LogP contribution is -2.27. The van der Waals surface area contributed by atoms with E-state index in [9.17, 15) is 24.0 Å². The molecule has 0 aliphatic carbocycles. The van der Waals surface area contributed by atoms with Gasteiger partial charge >= 0.3 is 5.97 Å². The highest BCUT2D eigenvalue weighted by atomic mass is 16.5. The van der Waals surface area contributed by atoms with Crippen molar-refractivity contribution in [2.75, 3.05) is 11.9 Å². The smallest absolute Gasteiger partial charge is 0.335 e. The number of ketones is 1. The number of ether oxygens (including phenoxy) is 1. The molecule has 40 heavy (non-hydrogen) atoms. The number of benzene rings is 2. The lowest BCUT2D eigenvalue weighted by molar-refractivity contribution is -0.119. The van der Waals surface area contributed by atoms with Gasteiger partial charge in [0, 0.05) is 13.0 Å². The number of hydrogen-bond donors (Lipinski definition) is 4. The lowest BCUT2D eigenvalue weighted by Gasteiger charge is -2.18. The molecule has 5 N–H and O–H groups in total. The zero-order valence-corrected chi connectivity index (χ0v) is 20.8. The molecule has 0 saturated carbocycles. The van der Waals surface area contributed by atoms with E-state index in [1.165, 1.54) is 47.3 Å². The van der Waals surface area contributed by atoms with Crippen LogP contribution in [0.3, 0.4) is 0 Å². The molecular weight excluding hydrogens is 520 g/mol. The number of aromatic nitrogens is 3. The second-order valence-corrected chi connectivity index (χ2v) is 9.01. The fraction of sp³-hybridized carbons (Fsp3) is 0.148. The number of nitrogens with two attached hydrogens (primary N) is 1. The summed E-state index contributed by atoms with van der Waals surface area (Å²) < 4.78 is 6.76. The van der Waals surface area contributed by atoms with Crippen LogP contribution >= 0.6 is 0 Å². The van der Waals surface area contributed by atoms with Crippen molar-refractivity contribution in [2.24, 2.45) is 5.73 Å². The van der Waals surface area contributed by atoms with Gasteiger partial charge in [-0.15, -0.1) is 0 Å². The van der Waals surface area contributed by atoms with Crippen molar-refractivity contribution >= 4 is 40.8 Å². The van der Waals surface area contributed by atoms with Gasteiger partial charge in [-0.05, 0) is 41.5 Å². The minimum absolute atomic E-state index is 0.0234. The molecule has 4 aromatic rings. The molecule has 13 heteroatoms. The molecule has 1 aliphatic heterocycles. The van der Waals surface area contributed by atoms with Gasteiger partial charge in [-0.3, -0.25) is 23.6 Å². The number of anilines is 1. The number of carboxylic acid groups (broad SMARTS) is 1. The van der Waals surface area contributed by atoms with Crippen LogP contribution in [-0.2, 0) is 16.1 Å². The Hall–Kier alpha value is -5.59. The fourth-order valence-electron chi connectivity index (χ4n) is 4.27. The summed E-state index contributed by atoms with van der Waals surface area (Å²) in [7, 11) is 0. The Morgan fingerprint density at radius 2 is 1.90 bits per heavy atom. The summed E-state index contributed by atoms with van der Waals surface area (Å²) in [4.78, 5) is 69.6. The number of nitrogens with zero attached hydrogens (tertiary/aromatic N) is 3. The molecule has 5 rings (SSSR count). The van der Waals surface area contributed by atoms with Gasteiger partial charge in [0.15, 0.2) is 18.0 Å². The molecular formula is C27H22N6O7. The van der Waals surface area contributed by atoms with Gasteiger partial charge in [-0.2, -0.15) is 0 Å². The monoisotopic (exact) mass is 542 g/mol. The van der Waals surface area contributed by atoms with E-state index in [1.54, 1.807) is 18.2 Å². The van der Waals surface area contributed by atoms with Crippen molar-refractivity contribution in [1.82, 2.24) is 19.7 Å². The van der Waals surface area contributed by atoms with Crippen LogP contribution in [0.2, 0.25) is 0 Å². The zero-order valence-electron chi connectivity index (χ0n) is 20.8. The molecule has 3 amide bonds. The number of amides is 3. The van der Waals surface area contributed by atoms with Crippen molar-refractivity contribution in [3.05, 3.63) is 89.1 Å². The van der Waals surface area contributed by atoms with Crippen LogP contribution in [0.4, 0.5) is 5.69 Å². The van der Waals surface area contributed by atoms with Crippen molar-refractivity contribution in [1.29, 1.82) is 0 Å². The predicted molar refractivity (Wildman–Crippen MR) is 139 cm³/mol. The number of rotatable bonds is 9. The highest BCUT2D eigenvalue weighted by Gasteiger charge is 2.25. The van der Waals surface area contributed by atoms with E-state index in [0.29, 0.717) is 22.6 Å². The number of carbonyl (C=O) groups excluding carboxylic acids is 4. The summed E-state index contributed by atoms with van der Waals surface area (Å²) in [5.74, 6) is -3.76. The summed E-state index contributed by atoms with van der Waals surface area (Å²) in [5, 5.41) is 14.6. The first-order valence-corrected chi connectivity index (χ1v) is 12.0. The Balaban J connectivity index is 1.35. The van der Waals surface area contributed by atoms with E-state index < -0.39 is 29.5 Å². The van der Waals surface area contributed by atoms with E-state index >= 15 is 0 Å². The Bertz CT molecular complexity index is 1680. The molecule has 0 bridgehead atoms. The second kappa shape index (κ2) is 10.6. The molecule has 0 spiro atoms. The number of fused-ring (bicyclic) bond motifs is 2. The van der Waals surface area contributed by atoms with Gasteiger partial charge in [0.25, 0.3) is 11.8 Å². The van der Waals surface area contributed by atoms with E-state index in [0.717, 1.165) is 0 Å². The summed E-state index contributed by atoms with van der Waals surface area (Å²) >= 11 is 0. The quantitative estimate of drug-likeness (QED) is 0.227. The Labute approximate surface area is 226 Å². The van der Waals surface area contributed by atoms with E-state index in [1.807, 2.05) is 0 Å². The molecule has 1 aliphatic rings. The number of Topliss-reactive ketones (excluding diaryl/α,β-unsaturated/α-hetero) is 1. The maximum absolute atomic E-state index is 13.2. The van der Waals surface area contributed by atoms with Gasteiger partial charge in [0.05, 0.1) is 23.4 Å². The largest absolute Gasteiger partial charge is 0.482 e. The van der Waals surface area contributed by atoms with Crippen molar-refractivity contribution in [2.45, 2.75) is 18.9 Å². The van der Waals surface area contributed by atoms with Crippen LogP contribution in [0.15, 0.2) is 61.1 Å². The summed E-state index contributed by atoms with van der Waals surface area (Å²) in [5.41, 5.74) is 7.41. The third kappa shape index (κ3) is 5.34. The van der Waals surface area contributed by atoms with Crippen molar-refractivity contribution in [3.63, 3.8) is 0 Å². The van der Waals surface area contributed by atoms with Crippen molar-refractivity contribution < 1.29 is 33.8 Å². The fourth-order valence-corrected chi connectivity index (χ4v) is 4.27. The van der Waals surface area contributed by atoms with Gasteiger partial charge in [-0.25, -0.2) is 14.8 Å². The van der Waals surface area contributed by atoms with Crippen LogP contribution in [0.1, 0.15) is 54.8 Å². The molecule has 2 aromatic carbocycles. The molecule has 2 aromatic heterocycles.